The summed E-state index contributed by atoms with van der Waals surface area (Å²) in [6, 6.07) is 2.90. The van der Waals surface area contributed by atoms with Crippen molar-refractivity contribution in [1.82, 2.24) is 33.8 Å². The van der Waals surface area contributed by atoms with Gasteiger partial charge in [0.2, 0.25) is 0 Å². The van der Waals surface area contributed by atoms with Crippen LogP contribution in [0.3, 0.4) is 0 Å². The van der Waals surface area contributed by atoms with Gasteiger partial charge in [0.1, 0.15) is 22.7 Å². The van der Waals surface area contributed by atoms with E-state index < -0.39 is 5.82 Å². The van der Waals surface area contributed by atoms with E-state index in [1.165, 1.54) is 27.5 Å². The first kappa shape index (κ1) is 20.9. The van der Waals surface area contributed by atoms with Crippen LogP contribution in [0.15, 0.2) is 43.2 Å². The van der Waals surface area contributed by atoms with E-state index in [0.717, 1.165) is 18.4 Å². The first-order valence-electron chi connectivity index (χ1n) is 10.9. The van der Waals surface area contributed by atoms with Crippen LogP contribution in [-0.4, -0.2) is 39.5 Å². The van der Waals surface area contributed by atoms with E-state index in [9.17, 15) is 13.6 Å². The normalized spacial score (nSPS) is 13.9. The number of carbonyl (C=O) groups excluding carboxylic acids is 1. The Labute approximate surface area is 196 Å². The minimum Gasteiger partial charge on any atom is -0.306 e. The molecule has 0 aliphatic heterocycles. The largest absolute Gasteiger partial charge is 0.306 e. The standard InChI is InChI=1S/C23H18ClF2N7O/c24-16-5-6-31-12-27-18(23(31)22(16)26)3-4-20(34)19-11-33(30-29-19)9-14-8-32-10-15(13-1-2-13)17(25)7-21(32)28-14/h5-8,10-13H,1-4,9H2. The number of hydrogen-bond donors (Lipinski definition) is 0. The summed E-state index contributed by atoms with van der Waals surface area (Å²) in [7, 11) is 0. The molecule has 0 atom stereocenters. The summed E-state index contributed by atoms with van der Waals surface area (Å²) in [5.74, 6) is -0.728. The Kier molecular flexibility index (Phi) is 4.91. The van der Waals surface area contributed by atoms with Crippen molar-refractivity contribution in [2.75, 3.05) is 0 Å². The molecule has 0 aromatic carbocycles. The van der Waals surface area contributed by atoms with E-state index in [1.54, 1.807) is 18.6 Å². The number of pyridine rings is 2. The Balaban J connectivity index is 1.15. The van der Waals surface area contributed by atoms with Gasteiger partial charge in [-0.3, -0.25) is 4.79 Å². The predicted molar refractivity (Wildman–Crippen MR) is 119 cm³/mol. The van der Waals surface area contributed by atoms with E-state index in [-0.39, 0.29) is 47.2 Å². The zero-order chi connectivity index (χ0) is 23.4. The van der Waals surface area contributed by atoms with Gasteiger partial charge in [0.15, 0.2) is 11.6 Å². The number of ketones is 1. The maximum Gasteiger partial charge on any atom is 0.185 e. The molecule has 0 saturated heterocycles. The molecule has 6 rings (SSSR count). The van der Waals surface area contributed by atoms with Gasteiger partial charge in [0.05, 0.1) is 35.5 Å². The van der Waals surface area contributed by atoms with Crippen LogP contribution in [0.2, 0.25) is 5.02 Å². The summed E-state index contributed by atoms with van der Waals surface area (Å²) in [5.41, 5.74) is 2.83. The van der Waals surface area contributed by atoms with Gasteiger partial charge in [0, 0.05) is 36.6 Å². The average Bonchev–Trinajstić information content (AvgIpc) is 3.22. The van der Waals surface area contributed by atoms with Crippen molar-refractivity contribution in [2.24, 2.45) is 0 Å². The molecular weight excluding hydrogens is 464 g/mol. The van der Waals surface area contributed by atoms with E-state index in [0.29, 0.717) is 23.0 Å². The van der Waals surface area contributed by atoms with Crippen LogP contribution in [0, 0.1) is 11.6 Å². The molecule has 34 heavy (non-hydrogen) atoms. The topological polar surface area (TPSA) is 82.4 Å². The Morgan fingerprint density at radius 2 is 2.03 bits per heavy atom. The molecule has 0 radical (unpaired) electrons. The zero-order valence-electron chi connectivity index (χ0n) is 17.8. The number of imidazole rings is 2. The molecule has 0 bridgehead atoms. The molecule has 5 aromatic rings. The van der Waals surface area contributed by atoms with Crippen LogP contribution in [0.5, 0.6) is 0 Å². The number of Topliss-reactive ketones (excluding diaryl/α,β-unsaturated/α-hetero) is 1. The third-order valence-corrected chi connectivity index (χ3v) is 6.34. The van der Waals surface area contributed by atoms with Crippen molar-refractivity contribution >= 4 is 28.5 Å². The summed E-state index contributed by atoms with van der Waals surface area (Å²) >= 11 is 5.87. The number of nitrogens with zero attached hydrogens (tertiary/aromatic N) is 7. The Hall–Kier alpha value is -3.66. The highest BCUT2D eigenvalue weighted by Gasteiger charge is 2.27. The smallest absolute Gasteiger partial charge is 0.185 e. The van der Waals surface area contributed by atoms with Crippen molar-refractivity contribution in [1.29, 1.82) is 0 Å². The first-order chi connectivity index (χ1) is 16.5. The van der Waals surface area contributed by atoms with Crippen LogP contribution in [0.1, 0.15) is 52.6 Å². The lowest BCUT2D eigenvalue weighted by Gasteiger charge is -2.01. The van der Waals surface area contributed by atoms with Gasteiger partial charge in [-0.05, 0) is 31.2 Å². The van der Waals surface area contributed by atoms with E-state index >= 15 is 0 Å². The monoisotopic (exact) mass is 481 g/mol. The van der Waals surface area contributed by atoms with Gasteiger partial charge in [-0.2, -0.15) is 0 Å². The molecule has 8 nitrogen and oxygen atoms in total. The summed E-state index contributed by atoms with van der Waals surface area (Å²) < 4.78 is 33.5. The van der Waals surface area contributed by atoms with Crippen molar-refractivity contribution in [3.05, 3.63) is 82.5 Å². The van der Waals surface area contributed by atoms with Crippen molar-refractivity contribution in [3.8, 4) is 0 Å². The second kappa shape index (κ2) is 7.98. The highest BCUT2D eigenvalue weighted by Crippen LogP contribution is 2.41. The Bertz CT molecular complexity index is 1570. The van der Waals surface area contributed by atoms with Gasteiger partial charge in [-0.15, -0.1) is 5.10 Å². The summed E-state index contributed by atoms with van der Waals surface area (Å²) in [5, 5.41) is 7.99. The molecule has 0 amide bonds. The van der Waals surface area contributed by atoms with Crippen molar-refractivity contribution < 1.29 is 13.6 Å². The SMILES string of the molecule is O=C(CCc1ncn2ccc(Cl)c(F)c12)c1cn(Cc2cn3cc(C4CC4)c(F)cc3n2)nn1. The van der Waals surface area contributed by atoms with Gasteiger partial charge in [-0.1, -0.05) is 16.8 Å². The average molecular weight is 482 g/mol. The second-order valence-electron chi connectivity index (χ2n) is 8.50. The van der Waals surface area contributed by atoms with Gasteiger partial charge < -0.3 is 8.80 Å². The maximum atomic E-state index is 14.4. The summed E-state index contributed by atoms with van der Waals surface area (Å²) in [4.78, 5) is 21.3. The molecule has 1 aliphatic carbocycles. The molecule has 172 valence electrons. The Morgan fingerprint density at radius 1 is 1.18 bits per heavy atom. The molecule has 5 aromatic heterocycles. The minimum atomic E-state index is -0.563. The number of hydrogen-bond acceptors (Lipinski definition) is 5. The molecule has 0 N–H and O–H groups in total. The predicted octanol–water partition coefficient (Wildman–Crippen LogP) is 4.25. The highest BCUT2D eigenvalue weighted by molar-refractivity contribution is 6.31. The van der Waals surface area contributed by atoms with Crippen molar-refractivity contribution in [3.63, 3.8) is 0 Å². The summed E-state index contributed by atoms with van der Waals surface area (Å²) in [6.07, 6.45) is 10.6. The van der Waals surface area contributed by atoms with E-state index in [4.69, 9.17) is 11.6 Å². The molecule has 1 saturated carbocycles. The highest BCUT2D eigenvalue weighted by atomic mass is 35.5. The minimum absolute atomic E-state index is 0.00182. The zero-order valence-corrected chi connectivity index (χ0v) is 18.6. The van der Waals surface area contributed by atoms with Gasteiger partial charge in [0.25, 0.3) is 0 Å². The van der Waals surface area contributed by atoms with Gasteiger partial charge >= 0.3 is 0 Å². The van der Waals surface area contributed by atoms with E-state index in [1.807, 2.05) is 10.6 Å². The van der Waals surface area contributed by atoms with Gasteiger partial charge in [-0.25, -0.2) is 23.4 Å². The second-order valence-corrected chi connectivity index (χ2v) is 8.91. The number of carbonyl (C=O) groups is 1. The van der Waals surface area contributed by atoms with Crippen molar-refractivity contribution in [2.45, 2.75) is 38.1 Å². The van der Waals surface area contributed by atoms with Crippen LogP contribution in [-0.2, 0) is 13.0 Å². The van der Waals surface area contributed by atoms with Crippen LogP contribution in [0.25, 0.3) is 11.2 Å². The fourth-order valence-corrected chi connectivity index (χ4v) is 4.29. The lowest BCUT2D eigenvalue weighted by atomic mass is 10.1. The summed E-state index contributed by atoms with van der Waals surface area (Å²) in [6.45, 7) is 0.289. The molecule has 11 heteroatoms. The molecule has 1 fully saturated rings. The molecule has 5 heterocycles. The number of rotatable bonds is 7. The lowest BCUT2D eigenvalue weighted by molar-refractivity contribution is 0.0977. The van der Waals surface area contributed by atoms with Crippen LogP contribution in [0.4, 0.5) is 8.78 Å². The fraction of sp³-hybridized carbons (Fsp3) is 0.261. The third kappa shape index (κ3) is 3.73. The quantitative estimate of drug-likeness (QED) is 0.325. The molecule has 0 unspecified atom stereocenters. The van der Waals surface area contributed by atoms with Crippen LogP contribution < -0.4 is 0 Å². The Morgan fingerprint density at radius 3 is 2.85 bits per heavy atom. The lowest BCUT2D eigenvalue weighted by Crippen LogP contribution is -2.03. The number of aryl methyl sites for hydroxylation is 1. The van der Waals surface area contributed by atoms with Crippen LogP contribution >= 0.6 is 11.6 Å². The molecular formula is C23H18ClF2N7O. The molecule has 0 spiro atoms. The number of halogens is 3. The maximum absolute atomic E-state index is 14.4. The third-order valence-electron chi connectivity index (χ3n) is 6.04. The van der Waals surface area contributed by atoms with E-state index in [2.05, 4.69) is 20.3 Å². The first-order valence-corrected chi connectivity index (χ1v) is 11.2. The fourth-order valence-electron chi connectivity index (χ4n) is 4.15. The molecule has 1 aliphatic rings. The number of fused-ring (bicyclic) bond motifs is 2. The number of aromatic nitrogens is 7.